The minimum absolute atomic E-state index is 0.594. The molecule has 0 aliphatic rings. The van der Waals surface area contributed by atoms with E-state index in [-0.39, 0.29) is 0 Å². The Morgan fingerprint density at radius 2 is 1.90 bits per heavy atom. The van der Waals surface area contributed by atoms with Crippen LogP contribution in [0.15, 0.2) is 47.5 Å². The molecule has 2 nitrogen and oxygen atoms in total. The molecular formula is C17H22N2S. The summed E-state index contributed by atoms with van der Waals surface area (Å²) in [5, 5.41) is 3.25. The number of rotatable bonds is 6. The summed E-state index contributed by atoms with van der Waals surface area (Å²) in [6, 6.07) is 13.1. The number of hydrogen-bond donors (Lipinski definition) is 1. The standard InChI is InChI=1S/C17H22N2S/c1-4-18-17-11-14(9-10-19-17)12-20-16-7-5-15(6-8-16)13(2)3/h5-11,13H,4,12H2,1-3H3,(H,18,19). The van der Waals surface area contributed by atoms with E-state index < -0.39 is 0 Å². The summed E-state index contributed by atoms with van der Waals surface area (Å²) in [5.74, 6) is 2.53. The van der Waals surface area contributed by atoms with Crippen LogP contribution in [-0.4, -0.2) is 11.5 Å². The van der Waals surface area contributed by atoms with Crippen molar-refractivity contribution >= 4 is 17.6 Å². The average molecular weight is 286 g/mol. The largest absolute Gasteiger partial charge is 0.370 e. The Hall–Kier alpha value is -1.48. The summed E-state index contributed by atoms with van der Waals surface area (Å²) in [5.41, 5.74) is 2.70. The third-order valence-corrected chi connectivity index (χ3v) is 4.22. The first kappa shape index (κ1) is 14.9. The summed E-state index contributed by atoms with van der Waals surface area (Å²) in [6.45, 7) is 7.43. The van der Waals surface area contributed by atoms with Crippen molar-refractivity contribution < 1.29 is 0 Å². The minimum Gasteiger partial charge on any atom is -0.370 e. The molecule has 0 aliphatic carbocycles. The van der Waals surface area contributed by atoms with Crippen molar-refractivity contribution in [1.82, 2.24) is 4.98 Å². The quantitative estimate of drug-likeness (QED) is 0.762. The first-order chi connectivity index (χ1) is 9.69. The van der Waals surface area contributed by atoms with E-state index in [9.17, 15) is 0 Å². The van der Waals surface area contributed by atoms with E-state index in [0.29, 0.717) is 5.92 Å². The molecule has 0 amide bonds. The molecule has 0 aliphatic heterocycles. The number of benzene rings is 1. The summed E-state index contributed by atoms with van der Waals surface area (Å²) in [7, 11) is 0. The zero-order chi connectivity index (χ0) is 14.4. The predicted molar refractivity (Wildman–Crippen MR) is 88.5 cm³/mol. The van der Waals surface area contributed by atoms with Crippen molar-refractivity contribution in [2.24, 2.45) is 0 Å². The highest BCUT2D eigenvalue weighted by atomic mass is 32.2. The monoisotopic (exact) mass is 286 g/mol. The van der Waals surface area contributed by atoms with Crippen molar-refractivity contribution in [1.29, 1.82) is 0 Å². The highest BCUT2D eigenvalue weighted by Gasteiger charge is 2.01. The number of pyridine rings is 1. The lowest BCUT2D eigenvalue weighted by Crippen LogP contribution is -1.99. The number of nitrogens with one attached hydrogen (secondary N) is 1. The van der Waals surface area contributed by atoms with Gasteiger partial charge in [0.15, 0.2) is 0 Å². The molecule has 0 radical (unpaired) electrons. The molecule has 1 aromatic heterocycles. The highest BCUT2D eigenvalue weighted by Crippen LogP contribution is 2.25. The van der Waals surface area contributed by atoms with Gasteiger partial charge in [0, 0.05) is 23.4 Å². The molecule has 0 atom stereocenters. The first-order valence-electron chi connectivity index (χ1n) is 7.10. The van der Waals surface area contributed by atoms with Gasteiger partial charge in [-0.3, -0.25) is 0 Å². The van der Waals surface area contributed by atoms with Crippen molar-refractivity contribution in [3.8, 4) is 0 Å². The lowest BCUT2D eigenvalue weighted by atomic mass is 10.0. The zero-order valence-electron chi connectivity index (χ0n) is 12.4. The average Bonchev–Trinajstić information content (AvgIpc) is 2.46. The Kier molecular flexibility index (Phi) is 5.48. The van der Waals surface area contributed by atoms with Gasteiger partial charge in [0.05, 0.1) is 0 Å². The van der Waals surface area contributed by atoms with Gasteiger partial charge in [0.25, 0.3) is 0 Å². The van der Waals surface area contributed by atoms with Crippen molar-refractivity contribution in [2.45, 2.75) is 37.3 Å². The molecule has 2 rings (SSSR count). The van der Waals surface area contributed by atoms with Crippen LogP contribution in [-0.2, 0) is 5.75 Å². The van der Waals surface area contributed by atoms with Gasteiger partial charge in [-0.05, 0) is 48.2 Å². The van der Waals surface area contributed by atoms with Crippen LogP contribution in [0.2, 0.25) is 0 Å². The van der Waals surface area contributed by atoms with E-state index in [1.54, 1.807) is 0 Å². The fourth-order valence-corrected chi connectivity index (χ4v) is 2.80. The molecule has 3 heteroatoms. The second kappa shape index (κ2) is 7.34. The van der Waals surface area contributed by atoms with E-state index in [4.69, 9.17) is 0 Å². The SMILES string of the molecule is CCNc1cc(CSc2ccc(C(C)C)cc2)ccn1. The number of aromatic nitrogens is 1. The van der Waals surface area contributed by atoms with Crippen LogP contribution >= 0.6 is 11.8 Å². The van der Waals surface area contributed by atoms with Crippen LogP contribution in [0.5, 0.6) is 0 Å². The van der Waals surface area contributed by atoms with Crippen LogP contribution in [0, 0.1) is 0 Å². The normalized spacial score (nSPS) is 10.8. The first-order valence-corrected chi connectivity index (χ1v) is 8.09. The maximum absolute atomic E-state index is 4.29. The van der Waals surface area contributed by atoms with Gasteiger partial charge in [-0.2, -0.15) is 0 Å². The van der Waals surface area contributed by atoms with Crippen LogP contribution in [0.4, 0.5) is 5.82 Å². The molecule has 0 spiro atoms. The second-order valence-corrected chi connectivity index (χ2v) is 6.14. The molecule has 1 heterocycles. The number of thioether (sulfide) groups is 1. The molecule has 0 fully saturated rings. The lowest BCUT2D eigenvalue weighted by Gasteiger charge is -2.08. The summed E-state index contributed by atoms with van der Waals surface area (Å²) < 4.78 is 0. The minimum atomic E-state index is 0.594. The Labute approximate surface area is 126 Å². The number of hydrogen-bond acceptors (Lipinski definition) is 3. The molecule has 106 valence electrons. The molecule has 0 saturated carbocycles. The molecule has 1 aromatic carbocycles. The van der Waals surface area contributed by atoms with Crippen LogP contribution < -0.4 is 5.32 Å². The Morgan fingerprint density at radius 3 is 2.55 bits per heavy atom. The van der Waals surface area contributed by atoms with Gasteiger partial charge >= 0.3 is 0 Å². The van der Waals surface area contributed by atoms with E-state index in [2.05, 4.69) is 67.5 Å². The third kappa shape index (κ3) is 4.27. The molecular weight excluding hydrogens is 264 g/mol. The third-order valence-electron chi connectivity index (χ3n) is 3.13. The van der Waals surface area contributed by atoms with Crippen LogP contribution in [0.1, 0.15) is 37.8 Å². The van der Waals surface area contributed by atoms with E-state index in [1.807, 2.05) is 18.0 Å². The summed E-state index contributed by atoms with van der Waals surface area (Å²) >= 11 is 1.87. The molecule has 2 aromatic rings. The fraction of sp³-hybridized carbons (Fsp3) is 0.353. The van der Waals surface area contributed by atoms with Crippen molar-refractivity contribution in [3.05, 3.63) is 53.7 Å². The van der Waals surface area contributed by atoms with E-state index in [0.717, 1.165) is 18.1 Å². The molecule has 0 bridgehead atoms. The fourth-order valence-electron chi connectivity index (χ4n) is 1.96. The van der Waals surface area contributed by atoms with Crippen molar-refractivity contribution in [3.63, 3.8) is 0 Å². The highest BCUT2D eigenvalue weighted by molar-refractivity contribution is 7.98. The number of nitrogens with zero attached hydrogens (tertiary/aromatic N) is 1. The van der Waals surface area contributed by atoms with Gasteiger partial charge in [0.1, 0.15) is 5.82 Å². The van der Waals surface area contributed by atoms with Gasteiger partial charge < -0.3 is 5.32 Å². The smallest absolute Gasteiger partial charge is 0.126 e. The zero-order valence-corrected chi connectivity index (χ0v) is 13.2. The van der Waals surface area contributed by atoms with Crippen LogP contribution in [0.3, 0.4) is 0 Å². The Morgan fingerprint density at radius 1 is 1.15 bits per heavy atom. The summed E-state index contributed by atoms with van der Waals surface area (Å²) in [6.07, 6.45) is 1.87. The van der Waals surface area contributed by atoms with Crippen LogP contribution in [0.25, 0.3) is 0 Å². The molecule has 0 saturated heterocycles. The lowest BCUT2D eigenvalue weighted by molar-refractivity contribution is 0.865. The van der Waals surface area contributed by atoms with Gasteiger partial charge in [-0.15, -0.1) is 11.8 Å². The second-order valence-electron chi connectivity index (χ2n) is 5.09. The van der Waals surface area contributed by atoms with E-state index >= 15 is 0 Å². The molecule has 0 unspecified atom stereocenters. The summed E-state index contributed by atoms with van der Waals surface area (Å²) in [4.78, 5) is 5.61. The Balaban J connectivity index is 1.96. The Bertz CT molecular complexity index is 535. The predicted octanol–water partition coefficient (Wildman–Crippen LogP) is 4.93. The van der Waals surface area contributed by atoms with Gasteiger partial charge in [-0.25, -0.2) is 4.98 Å². The topological polar surface area (TPSA) is 24.9 Å². The van der Waals surface area contributed by atoms with Gasteiger partial charge in [-0.1, -0.05) is 26.0 Å². The van der Waals surface area contributed by atoms with Gasteiger partial charge in [0.2, 0.25) is 0 Å². The van der Waals surface area contributed by atoms with Crippen molar-refractivity contribution in [2.75, 3.05) is 11.9 Å². The maximum atomic E-state index is 4.29. The molecule has 1 N–H and O–H groups in total. The molecule has 20 heavy (non-hydrogen) atoms. The maximum Gasteiger partial charge on any atom is 0.126 e. The van der Waals surface area contributed by atoms with E-state index in [1.165, 1.54) is 16.0 Å². The number of anilines is 1.